The monoisotopic (exact) mass is 425 g/mol. The average Bonchev–Trinajstić information content (AvgIpc) is 2.99. The van der Waals surface area contributed by atoms with Gasteiger partial charge in [-0.2, -0.15) is 0 Å². The molecule has 1 aliphatic rings. The summed E-state index contributed by atoms with van der Waals surface area (Å²) in [6.07, 6.45) is 1.92. The second-order valence-corrected chi connectivity index (χ2v) is 10.0. The first kappa shape index (κ1) is 20.6. The van der Waals surface area contributed by atoms with E-state index in [0.717, 1.165) is 49.4 Å². The van der Waals surface area contributed by atoms with E-state index in [1.165, 1.54) is 11.6 Å². The molecule has 0 aliphatic carbocycles. The lowest BCUT2D eigenvalue weighted by molar-refractivity contribution is -0.383. The van der Waals surface area contributed by atoms with Crippen molar-refractivity contribution in [3.63, 3.8) is 0 Å². The van der Waals surface area contributed by atoms with Crippen molar-refractivity contribution < 1.29 is 18.1 Å². The highest BCUT2D eigenvalue weighted by Gasteiger charge is 2.28. The molecule has 8 nitrogen and oxygen atoms in total. The number of nitro groups is 1. The third-order valence-electron chi connectivity index (χ3n) is 4.67. The van der Waals surface area contributed by atoms with Crippen molar-refractivity contribution in [3.8, 4) is 5.75 Å². The van der Waals surface area contributed by atoms with Crippen LogP contribution in [-0.4, -0.2) is 57.8 Å². The predicted molar refractivity (Wildman–Crippen MR) is 109 cm³/mol. The van der Waals surface area contributed by atoms with Gasteiger partial charge in [0.25, 0.3) is 0 Å². The van der Waals surface area contributed by atoms with Crippen LogP contribution in [0.5, 0.6) is 5.75 Å². The summed E-state index contributed by atoms with van der Waals surface area (Å²) >= 11 is 0.984. The molecule has 0 spiro atoms. The first-order valence-electron chi connectivity index (χ1n) is 8.86. The molecular weight excluding hydrogens is 402 g/mol. The van der Waals surface area contributed by atoms with Crippen molar-refractivity contribution in [2.24, 2.45) is 0 Å². The van der Waals surface area contributed by atoms with Crippen molar-refractivity contribution in [2.75, 3.05) is 44.4 Å². The van der Waals surface area contributed by atoms with Gasteiger partial charge >= 0.3 is 5.69 Å². The maximum atomic E-state index is 11.8. The number of thiophene rings is 1. The highest BCUT2D eigenvalue weighted by Crippen LogP contribution is 2.40. The third-order valence-corrected chi connectivity index (χ3v) is 7.66. The summed E-state index contributed by atoms with van der Waals surface area (Å²) < 4.78 is 28.9. The lowest BCUT2D eigenvalue weighted by Gasteiger charge is -2.22. The molecule has 0 N–H and O–H groups in total. The molecule has 1 saturated heterocycles. The molecular formula is C18H23N3O5S2. The van der Waals surface area contributed by atoms with Gasteiger partial charge in [-0.25, -0.2) is 8.42 Å². The number of methoxy groups -OCH3 is 1. The summed E-state index contributed by atoms with van der Waals surface area (Å²) in [7, 11) is -1.84. The number of hydrogen-bond acceptors (Lipinski definition) is 8. The van der Waals surface area contributed by atoms with Crippen LogP contribution in [0.25, 0.3) is 0 Å². The topological polar surface area (TPSA) is 93.0 Å². The molecule has 1 aromatic carbocycles. The number of nitrogens with zero attached hydrogens (tertiary/aromatic N) is 3. The van der Waals surface area contributed by atoms with Crippen molar-refractivity contribution in [1.82, 2.24) is 4.90 Å². The van der Waals surface area contributed by atoms with Gasteiger partial charge in [0.05, 0.1) is 12.0 Å². The third kappa shape index (κ3) is 4.81. The number of anilines is 1. The van der Waals surface area contributed by atoms with E-state index < -0.39 is 14.8 Å². The molecule has 3 rings (SSSR count). The van der Waals surface area contributed by atoms with E-state index in [1.54, 1.807) is 7.11 Å². The Kier molecular flexibility index (Phi) is 6.21. The SMILES string of the molecule is COc1ccc(CN2CCCN(c3sc(S(C)(=O)=O)cc3[N+](=O)[O-])CC2)cc1. The van der Waals surface area contributed by atoms with E-state index in [0.29, 0.717) is 18.1 Å². The Morgan fingerprint density at radius 1 is 1.18 bits per heavy atom. The second-order valence-electron chi connectivity index (χ2n) is 6.75. The summed E-state index contributed by atoms with van der Waals surface area (Å²) in [5, 5.41) is 11.8. The minimum absolute atomic E-state index is 0.0357. The highest BCUT2D eigenvalue weighted by atomic mass is 32.2. The molecule has 2 aromatic rings. The maximum absolute atomic E-state index is 11.8. The molecule has 0 unspecified atom stereocenters. The van der Waals surface area contributed by atoms with Gasteiger partial charge in [-0.05, 0) is 24.1 Å². The van der Waals surface area contributed by atoms with Gasteiger partial charge in [0, 0.05) is 45.0 Å². The van der Waals surface area contributed by atoms with E-state index in [2.05, 4.69) is 4.90 Å². The van der Waals surface area contributed by atoms with Crippen LogP contribution < -0.4 is 9.64 Å². The quantitative estimate of drug-likeness (QED) is 0.519. The molecule has 1 fully saturated rings. The Balaban J connectivity index is 1.72. The maximum Gasteiger partial charge on any atom is 0.305 e. The van der Waals surface area contributed by atoms with E-state index in [-0.39, 0.29) is 9.90 Å². The van der Waals surface area contributed by atoms with Crippen molar-refractivity contribution in [1.29, 1.82) is 0 Å². The number of benzene rings is 1. The van der Waals surface area contributed by atoms with Crippen molar-refractivity contribution in [2.45, 2.75) is 17.2 Å². The second kappa shape index (κ2) is 8.46. The van der Waals surface area contributed by atoms with Crippen LogP contribution >= 0.6 is 11.3 Å². The molecule has 1 aliphatic heterocycles. The van der Waals surface area contributed by atoms with Crippen LogP contribution in [0.1, 0.15) is 12.0 Å². The zero-order valence-corrected chi connectivity index (χ0v) is 17.5. The molecule has 0 bridgehead atoms. The van der Waals surface area contributed by atoms with Crippen LogP contribution in [0, 0.1) is 10.1 Å². The van der Waals surface area contributed by atoms with Crippen LogP contribution in [0.15, 0.2) is 34.5 Å². The van der Waals surface area contributed by atoms with Crippen LogP contribution in [0.3, 0.4) is 0 Å². The summed E-state index contributed by atoms with van der Waals surface area (Å²) in [4.78, 5) is 15.2. The van der Waals surface area contributed by atoms with E-state index >= 15 is 0 Å². The Morgan fingerprint density at radius 3 is 2.50 bits per heavy atom. The number of hydrogen-bond donors (Lipinski definition) is 0. The lowest BCUT2D eigenvalue weighted by Crippen LogP contribution is -2.30. The number of rotatable bonds is 6. The molecule has 0 atom stereocenters. The van der Waals surface area contributed by atoms with Gasteiger partial charge < -0.3 is 9.64 Å². The fraction of sp³-hybridized carbons (Fsp3) is 0.444. The fourth-order valence-corrected chi connectivity index (χ4v) is 5.29. The van der Waals surface area contributed by atoms with Gasteiger partial charge in [-0.15, -0.1) is 0 Å². The Bertz CT molecular complexity index is 941. The average molecular weight is 426 g/mol. The fourth-order valence-electron chi connectivity index (χ4n) is 3.21. The van der Waals surface area contributed by atoms with Gasteiger partial charge in [0.2, 0.25) is 0 Å². The molecule has 2 heterocycles. The molecule has 0 radical (unpaired) electrons. The summed E-state index contributed by atoms with van der Waals surface area (Å²) in [6, 6.07) is 9.10. The summed E-state index contributed by atoms with van der Waals surface area (Å²) in [5.41, 5.74) is 1.05. The Labute approximate surface area is 168 Å². The molecule has 0 amide bonds. The molecule has 10 heteroatoms. The summed E-state index contributed by atoms with van der Waals surface area (Å²) in [6.45, 7) is 3.68. The highest BCUT2D eigenvalue weighted by molar-refractivity contribution is 7.92. The lowest BCUT2D eigenvalue weighted by atomic mass is 10.2. The molecule has 28 heavy (non-hydrogen) atoms. The molecule has 152 valence electrons. The standard InChI is InChI=1S/C18H23N3O5S2/c1-26-15-6-4-14(5-7-15)13-19-8-3-9-20(11-10-19)18-16(21(22)23)12-17(27-18)28(2,24)25/h4-7,12H,3,8-11,13H2,1-2H3. The number of ether oxygens (including phenoxy) is 1. The summed E-state index contributed by atoms with van der Waals surface area (Å²) in [5.74, 6) is 0.817. The van der Waals surface area contributed by atoms with E-state index in [1.807, 2.05) is 29.2 Å². The minimum Gasteiger partial charge on any atom is -0.497 e. The zero-order chi connectivity index (χ0) is 20.3. The van der Waals surface area contributed by atoms with Crippen LogP contribution in [0.2, 0.25) is 0 Å². The van der Waals surface area contributed by atoms with Gasteiger partial charge in [0.1, 0.15) is 9.96 Å². The molecule has 1 aromatic heterocycles. The molecule has 0 saturated carbocycles. The largest absolute Gasteiger partial charge is 0.497 e. The Morgan fingerprint density at radius 2 is 1.89 bits per heavy atom. The number of sulfone groups is 1. The minimum atomic E-state index is -3.48. The van der Waals surface area contributed by atoms with Gasteiger partial charge in [-0.3, -0.25) is 15.0 Å². The van der Waals surface area contributed by atoms with Crippen LogP contribution in [0.4, 0.5) is 10.7 Å². The Hall–Kier alpha value is -2.17. The van der Waals surface area contributed by atoms with Gasteiger partial charge in [-0.1, -0.05) is 23.5 Å². The van der Waals surface area contributed by atoms with E-state index in [9.17, 15) is 18.5 Å². The zero-order valence-electron chi connectivity index (χ0n) is 15.8. The van der Waals surface area contributed by atoms with Crippen molar-refractivity contribution >= 4 is 31.9 Å². The normalized spacial score (nSPS) is 16.0. The van der Waals surface area contributed by atoms with E-state index in [4.69, 9.17) is 4.74 Å². The van der Waals surface area contributed by atoms with Crippen LogP contribution in [-0.2, 0) is 16.4 Å². The predicted octanol–water partition coefficient (Wildman–Crippen LogP) is 2.78. The van der Waals surface area contributed by atoms with Gasteiger partial charge in [0.15, 0.2) is 14.8 Å². The first-order valence-corrected chi connectivity index (χ1v) is 11.6. The smallest absolute Gasteiger partial charge is 0.305 e. The van der Waals surface area contributed by atoms with Crippen molar-refractivity contribution in [3.05, 3.63) is 46.0 Å². The first-order chi connectivity index (χ1) is 13.3.